The van der Waals surface area contributed by atoms with E-state index in [4.69, 9.17) is 0 Å². The molecule has 35 heavy (non-hydrogen) atoms. The highest BCUT2D eigenvalue weighted by Crippen LogP contribution is 2.28. The van der Waals surface area contributed by atoms with Crippen molar-refractivity contribution in [3.05, 3.63) is 53.6 Å². The Morgan fingerprint density at radius 1 is 1.00 bits per heavy atom. The van der Waals surface area contributed by atoms with Crippen LogP contribution in [0.1, 0.15) is 37.3 Å². The number of nitrogens with one attached hydrogen (secondary N) is 1. The lowest BCUT2D eigenvalue weighted by molar-refractivity contribution is -0.130. The lowest BCUT2D eigenvalue weighted by atomic mass is 10.2. The van der Waals surface area contributed by atoms with Crippen LogP contribution in [0, 0.1) is 13.8 Å². The van der Waals surface area contributed by atoms with Gasteiger partial charge < -0.3 is 5.32 Å². The first-order valence-electron chi connectivity index (χ1n) is 11.7. The zero-order chi connectivity index (χ0) is 25.3. The molecule has 10 heteroatoms. The van der Waals surface area contributed by atoms with Crippen LogP contribution < -0.4 is 10.2 Å². The third kappa shape index (κ3) is 4.94. The number of hydrogen-bond donors (Lipinski definition) is 1. The number of rotatable bonds is 6. The van der Waals surface area contributed by atoms with Crippen molar-refractivity contribution in [2.45, 2.75) is 51.0 Å². The summed E-state index contributed by atoms with van der Waals surface area (Å²) in [7, 11) is -3.68. The van der Waals surface area contributed by atoms with Crippen molar-refractivity contribution < 1.29 is 22.8 Å². The minimum atomic E-state index is -3.68. The van der Waals surface area contributed by atoms with Crippen LogP contribution in [0.3, 0.4) is 0 Å². The third-order valence-electron chi connectivity index (χ3n) is 6.47. The first-order valence-corrected chi connectivity index (χ1v) is 13.2. The van der Waals surface area contributed by atoms with E-state index in [0.29, 0.717) is 30.0 Å². The van der Waals surface area contributed by atoms with Gasteiger partial charge in [-0.1, -0.05) is 30.2 Å². The molecule has 2 aliphatic rings. The zero-order valence-electron chi connectivity index (χ0n) is 20.2. The molecule has 0 aliphatic carbocycles. The number of amides is 4. The summed E-state index contributed by atoms with van der Waals surface area (Å²) in [5.74, 6) is -1.06. The Kier molecular flexibility index (Phi) is 6.95. The largest absolute Gasteiger partial charge is 0.332 e. The number of carbonyl (C=O) groups excluding carboxylic acids is 3. The topological polar surface area (TPSA) is 107 Å². The molecule has 9 nitrogen and oxygen atoms in total. The van der Waals surface area contributed by atoms with E-state index in [2.05, 4.69) is 5.32 Å². The number of sulfonamides is 1. The summed E-state index contributed by atoms with van der Waals surface area (Å²) >= 11 is 0. The van der Waals surface area contributed by atoms with Gasteiger partial charge in [0.05, 0.1) is 4.90 Å². The summed E-state index contributed by atoms with van der Waals surface area (Å²) < 4.78 is 27.8. The number of imide groups is 1. The van der Waals surface area contributed by atoms with Crippen molar-refractivity contribution in [1.82, 2.24) is 9.21 Å². The average Bonchev–Trinajstić information content (AvgIpc) is 3.04. The van der Waals surface area contributed by atoms with Crippen molar-refractivity contribution in [1.29, 1.82) is 0 Å². The summed E-state index contributed by atoms with van der Waals surface area (Å²) in [6.07, 6.45) is 2.66. The fourth-order valence-corrected chi connectivity index (χ4v) is 6.22. The highest BCUT2D eigenvalue weighted by Gasteiger charge is 2.44. The second kappa shape index (κ2) is 9.79. The molecule has 0 aromatic heterocycles. The van der Waals surface area contributed by atoms with Crippen LogP contribution in [0.15, 0.2) is 47.4 Å². The molecule has 2 aromatic carbocycles. The molecule has 4 rings (SSSR count). The van der Waals surface area contributed by atoms with Gasteiger partial charge in [-0.25, -0.2) is 13.2 Å². The SMILES string of the molecule is Cc1ccc(N2C(=O)N(CC(=O)Nc3ccc(C)c(S(=O)(=O)N4CCCCC4)c3)C(=O)C2C)cc1. The van der Waals surface area contributed by atoms with E-state index in [1.807, 2.05) is 19.1 Å². The Labute approximate surface area is 205 Å². The highest BCUT2D eigenvalue weighted by atomic mass is 32.2. The van der Waals surface area contributed by atoms with Crippen LogP contribution in [0.5, 0.6) is 0 Å². The average molecular weight is 499 g/mol. The fraction of sp³-hybridized carbons (Fsp3) is 0.400. The predicted octanol–water partition coefficient (Wildman–Crippen LogP) is 3.27. The normalized spacial score (nSPS) is 19.3. The van der Waals surface area contributed by atoms with Gasteiger partial charge in [-0.15, -0.1) is 0 Å². The molecule has 0 saturated carbocycles. The van der Waals surface area contributed by atoms with Crippen molar-refractivity contribution in [2.24, 2.45) is 0 Å². The van der Waals surface area contributed by atoms with Crippen LogP contribution in [0.25, 0.3) is 0 Å². The van der Waals surface area contributed by atoms with Crippen LogP contribution in [-0.2, 0) is 19.6 Å². The molecule has 2 aromatic rings. The van der Waals surface area contributed by atoms with Gasteiger partial charge in [-0.05, 0) is 63.4 Å². The Balaban J connectivity index is 1.48. The number of carbonyl (C=O) groups is 3. The minimum Gasteiger partial charge on any atom is -0.324 e. The maximum Gasteiger partial charge on any atom is 0.332 e. The summed E-state index contributed by atoms with van der Waals surface area (Å²) in [6, 6.07) is 10.6. The van der Waals surface area contributed by atoms with E-state index in [1.165, 1.54) is 15.3 Å². The van der Waals surface area contributed by atoms with E-state index in [0.717, 1.165) is 29.7 Å². The minimum absolute atomic E-state index is 0.143. The lowest BCUT2D eigenvalue weighted by Crippen LogP contribution is -2.39. The molecule has 0 spiro atoms. The van der Waals surface area contributed by atoms with Gasteiger partial charge in [0.1, 0.15) is 12.6 Å². The van der Waals surface area contributed by atoms with Crippen molar-refractivity contribution in [3.63, 3.8) is 0 Å². The Bertz CT molecular complexity index is 1250. The summed E-state index contributed by atoms with van der Waals surface area (Å²) in [4.78, 5) is 40.9. The summed E-state index contributed by atoms with van der Waals surface area (Å²) in [5.41, 5.74) is 2.48. The molecule has 2 fully saturated rings. The Morgan fingerprint density at radius 2 is 1.66 bits per heavy atom. The molecule has 0 radical (unpaired) electrons. The standard InChI is InChI=1S/C25H30N4O5S/c1-17-7-11-21(12-8-17)29-19(3)24(31)28(25(29)32)16-23(30)26-20-10-9-18(2)22(15-20)35(33,34)27-13-5-4-6-14-27/h7-12,15,19H,4-6,13-14,16H2,1-3H3,(H,26,30). The summed E-state index contributed by atoms with van der Waals surface area (Å²) in [6.45, 7) is 5.75. The zero-order valence-corrected chi connectivity index (χ0v) is 21.0. The van der Waals surface area contributed by atoms with Gasteiger partial charge in [0.25, 0.3) is 5.91 Å². The van der Waals surface area contributed by atoms with Gasteiger partial charge in [-0.2, -0.15) is 4.31 Å². The highest BCUT2D eigenvalue weighted by molar-refractivity contribution is 7.89. The number of aryl methyl sites for hydroxylation is 2. The van der Waals surface area contributed by atoms with Crippen molar-refractivity contribution >= 4 is 39.2 Å². The van der Waals surface area contributed by atoms with Crippen molar-refractivity contribution in [3.8, 4) is 0 Å². The third-order valence-corrected chi connectivity index (χ3v) is 8.51. The van der Waals surface area contributed by atoms with Crippen LogP contribution in [0.2, 0.25) is 0 Å². The fourth-order valence-electron chi connectivity index (χ4n) is 4.46. The van der Waals surface area contributed by atoms with Crippen LogP contribution in [0.4, 0.5) is 16.2 Å². The van der Waals surface area contributed by atoms with Gasteiger partial charge >= 0.3 is 6.03 Å². The molecule has 1 unspecified atom stereocenters. The molecule has 186 valence electrons. The maximum absolute atomic E-state index is 13.1. The monoisotopic (exact) mass is 498 g/mol. The van der Waals surface area contributed by atoms with E-state index in [9.17, 15) is 22.8 Å². The summed E-state index contributed by atoms with van der Waals surface area (Å²) in [5, 5.41) is 2.64. The molecule has 0 bridgehead atoms. The number of urea groups is 1. The molecular formula is C25H30N4O5S. The second-order valence-corrected chi connectivity index (χ2v) is 11.0. The molecular weight excluding hydrogens is 468 g/mol. The molecule has 2 heterocycles. The Morgan fingerprint density at radius 3 is 2.31 bits per heavy atom. The first kappa shape index (κ1) is 24.9. The van der Waals surface area contributed by atoms with Crippen molar-refractivity contribution in [2.75, 3.05) is 29.9 Å². The van der Waals surface area contributed by atoms with E-state index in [1.54, 1.807) is 38.1 Å². The first-order chi connectivity index (χ1) is 16.6. The van der Waals surface area contributed by atoms with Crippen LogP contribution in [-0.4, -0.2) is 61.1 Å². The molecule has 4 amide bonds. The Hall–Kier alpha value is -3.24. The molecule has 1 atom stereocenters. The van der Waals surface area contributed by atoms with Gasteiger partial charge in [-0.3, -0.25) is 19.4 Å². The number of hydrogen-bond acceptors (Lipinski definition) is 5. The van der Waals surface area contributed by atoms with Gasteiger partial charge in [0.2, 0.25) is 15.9 Å². The molecule has 2 saturated heterocycles. The van der Waals surface area contributed by atoms with Gasteiger partial charge in [0, 0.05) is 24.5 Å². The molecule has 2 aliphatic heterocycles. The number of nitrogens with zero attached hydrogens (tertiary/aromatic N) is 3. The lowest BCUT2D eigenvalue weighted by Gasteiger charge is -2.26. The predicted molar refractivity (Wildman–Crippen MR) is 133 cm³/mol. The smallest absolute Gasteiger partial charge is 0.324 e. The van der Waals surface area contributed by atoms with E-state index < -0.39 is 40.5 Å². The molecule has 1 N–H and O–H groups in total. The number of piperidine rings is 1. The van der Waals surface area contributed by atoms with E-state index in [-0.39, 0.29) is 4.90 Å². The van der Waals surface area contributed by atoms with E-state index >= 15 is 0 Å². The van der Waals surface area contributed by atoms with Crippen LogP contribution >= 0.6 is 0 Å². The quantitative estimate of drug-likeness (QED) is 0.615. The number of anilines is 2. The maximum atomic E-state index is 13.1. The second-order valence-electron chi connectivity index (χ2n) is 9.08. The number of benzene rings is 2. The van der Waals surface area contributed by atoms with Gasteiger partial charge in [0.15, 0.2) is 0 Å².